The zero-order chi connectivity index (χ0) is 20.1. The molecule has 1 fully saturated rings. The Labute approximate surface area is 171 Å². The number of carbonyl (C=O) groups excluding carboxylic acids is 1. The number of hydrogen-bond acceptors (Lipinski definition) is 4. The third-order valence-corrected chi connectivity index (χ3v) is 7.32. The number of hydrogen-bond donors (Lipinski definition) is 0. The molecule has 28 heavy (non-hydrogen) atoms. The van der Waals surface area contributed by atoms with Gasteiger partial charge in [-0.05, 0) is 61.4 Å². The SMILES string of the molecule is CCCCOc1ccc(C(=O)N2CCC(S(=O)(=O)c3ccc(Cl)cc3)C2)cc1. The van der Waals surface area contributed by atoms with Gasteiger partial charge in [-0.3, -0.25) is 4.79 Å². The molecule has 0 bridgehead atoms. The van der Waals surface area contributed by atoms with Gasteiger partial charge in [0.25, 0.3) is 5.91 Å². The van der Waals surface area contributed by atoms with Gasteiger partial charge in [0, 0.05) is 23.7 Å². The standard InChI is InChI=1S/C21H24ClNO4S/c1-2-3-14-27-18-8-4-16(5-9-18)21(24)23-13-12-20(15-23)28(25,26)19-10-6-17(22)7-11-19/h4-11,20H,2-3,12-15H2,1H3. The smallest absolute Gasteiger partial charge is 0.253 e. The molecular weight excluding hydrogens is 398 g/mol. The number of sulfone groups is 1. The van der Waals surface area contributed by atoms with E-state index in [9.17, 15) is 13.2 Å². The van der Waals surface area contributed by atoms with E-state index in [2.05, 4.69) is 6.92 Å². The van der Waals surface area contributed by atoms with E-state index in [0.717, 1.165) is 18.6 Å². The average Bonchev–Trinajstić information content (AvgIpc) is 3.20. The zero-order valence-electron chi connectivity index (χ0n) is 15.8. The van der Waals surface area contributed by atoms with E-state index in [4.69, 9.17) is 16.3 Å². The molecule has 1 unspecified atom stereocenters. The van der Waals surface area contributed by atoms with Crippen molar-refractivity contribution < 1.29 is 17.9 Å². The molecule has 150 valence electrons. The van der Waals surface area contributed by atoms with Crippen molar-refractivity contribution in [1.29, 1.82) is 0 Å². The molecule has 1 aliphatic heterocycles. The Morgan fingerprint density at radius 2 is 1.82 bits per heavy atom. The van der Waals surface area contributed by atoms with E-state index in [1.165, 1.54) is 12.1 Å². The second-order valence-corrected chi connectivity index (χ2v) is 9.55. The van der Waals surface area contributed by atoms with Crippen molar-refractivity contribution in [1.82, 2.24) is 4.90 Å². The lowest BCUT2D eigenvalue weighted by Gasteiger charge is -2.17. The van der Waals surface area contributed by atoms with Crippen molar-refractivity contribution in [3.05, 3.63) is 59.1 Å². The minimum Gasteiger partial charge on any atom is -0.494 e. The van der Waals surface area contributed by atoms with Crippen LogP contribution in [0.2, 0.25) is 5.02 Å². The third kappa shape index (κ3) is 4.67. The van der Waals surface area contributed by atoms with Crippen LogP contribution in [0.1, 0.15) is 36.5 Å². The summed E-state index contributed by atoms with van der Waals surface area (Å²) in [6.07, 6.45) is 2.47. The van der Waals surface area contributed by atoms with Crippen LogP contribution in [0.4, 0.5) is 0 Å². The zero-order valence-corrected chi connectivity index (χ0v) is 17.4. The number of carbonyl (C=O) groups is 1. The highest BCUT2D eigenvalue weighted by molar-refractivity contribution is 7.92. The van der Waals surface area contributed by atoms with E-state index >= 15 is 0 Å². The molecule has 1 atom stereocenters. The summed E-state index contributed by atoms with van der Waals surface area (Å²) in [6.45, 7) is 3.37. The number of ether oxygens (including phenoxy) is 1. The quantitative estimate of drug-likeness (QED) is 0.628. The van der Waals surface area contributed by atoms with Gasteiger partial charge in [-0.15, -0.1) is 0 Å². The molecule has 5 nitrogen and oxygen atoms in total. The lowest BCUT2D eigenvalue weighted by molar-refractivity contribution is 0.0793. The van der Waals surface area contributed by atoms with E-state index < -0.39 is 15.1 Å². The molecule has 0 aliphatic carbocycles. The fourth-order valence-corrected chi connectivity index (χ4v) is 5.01. The Balaban J connectivity index is 1.64. The molecule has 0 aromatic heterocycles. The van der Waals surface area contributed by atoms with Crippen molar-refractivity contribution in [2.75, 3.05) is 19.7 Å². The minimum absolute atomic E-state index is 0.158. The van der Waals surface area contributed by atoms with E-state index in [-0.39, 0.29) is 17.3 Å². The minimum atomic E-state index is -3.50. The van der Waals surface area contributed by atoms with Crippen LogP contribution in [-0.2, 0) is 9.84 Å². The number of likely N-dealkylation sites (tertiary alicyclic amines) is 1. The number of halogens is 1. The Kier molecular flexibility index (Phi) is 6.62. The highest BCUT2D eigenvalue weighted by atomic mass is 35.5. The van der Waals surface area contributed by atoms with Crippen molar-refractivity contribution >= 4 is 27.3 Å². The summed E-state index contributed by atoms with van der Waals surface area (Å²) < 4.78 is 31.3. The Morgan fingerprint density at radius 1 is 1.14 bits per heavy atom. The predicted octanol–water partition coefficient (Wildman–Crippen LogP) is 4.21. The topological polar surface area (TPSA) is 63.7 Å². The first-order chi connectivity index (χ1) is 13.4. The first-order valence-corrected chi connectivity index (χ1v) is 11.4. The van der Waals surface area contributed by atoms with Crippen LogP contribution < -0.4 is 4.74 Å². The molecule has 1 amide bonds. The average molecular weight is 422 g/mol. The summed E-state index contributed by atoms with van der Waals surface area (Å²) in [6, 6.07) is 13.2. The Hall–Kier alpha value is -2.05. The van der Waals surface area contributed by atoms with Crippen LogP contribution in [0.3, 0.4) is 0 Å². The molecule has 1 saturated heterocycles. The second kappa shape index (κ2) is 8.97. The molecule has 0 saturated carbocycles. The maximum absolute atomic E-state index is 12.8. The van der Waals surface area contributed by atoms with Gasteiger partial charge in [-0.1, -0.05) is 24.9 Å². The summed E-state index contributed by atoms with van der Waals surface area (Å²) in [5, 5.41) is -0.112. The van der Waals surface area contributed by atoms with Gasteiger partial charge in [-0.25, -0.2) is 8.42 Å². The largest absolute Gasteiger partial charge is 0.494 e. The van der Waals surface area contributed by atoms with E-state index in [1.54, 1.807) is 41.3 Å². The van der Waals surface area contributed by atoms with Gasteiger partial charge in [0.05, 0.1) is 16.8 Å². The van der Waals surface area contributed by atoms with Gasteiger partial charge in [0.1, 0.15) is 5.75 Å². The molecule has 1 heterocycles. The maximum Gasteiger partial charge on any atom is 0.253 e. The maximum atomic E-state index is 12.8. The number of rotatable bonds is 7. The van der Waals surface area contributed by atoms with Gasteiger partial charge in [0.2, 0.25) is 0 Å². The number of nitrogens with zero attached hydrogens (tertiary/aromatic N) is 1. The van der Waals surface area contributed by atoms with Crippen LogP contribution in [-0.4, -0.2) is 44.2 Å². The molecule has 3 rings (SSSR count). The summed E-state index contributed by atoms with van der Waals surface area (Å²) >= 11 is 5.84. The number of benzene rings is 2. The van der Waals surface area contributed by atoms with E-state index in [0.29, 0.717) is 30.2 Å². The molecule has 0 radical (unpaired) electrons. The van der Waals surface area contributed by atoms with Crippen molar-refractivity contribution in [3.63, 3.8) is 0 Å². The summed E-state index contributed by atoms with van der Waals surface area (Å²) in [5.41, 5.74) is 0.535. The summed E-state index contributed by atoms with van der Waals surface area (Å²) in [7, 11) is -3.50. The van der Waals surface area contributed by atoms with Crippen LogP contribution in [0.15, 0.2) is 53.4 Å². The van der Waals surface area contributed by atoms with Crippen molar-refractivity contribution in [2.45, 2.75) is 36.3 Å². The molecule has 0 spiro atoms. The third-order valence-electron chi connectivity index (χ3n) is 4.88. The lowest BCUT2D eigenvalue weighted by Crippen LogP contribution is -2.31. The number of amides is 1. The Morgan fingerprint density at radius 3 is 2.46 bits per heavy atom. The van der Waals surface area contributed by atoms with Gasteiger partial charge < -0.3 is 9.64 Å². The van der Waals surface area contributed by atoms with Gasteiger partial charge in [-0.2, -0.15) is 0 Å². The highest BCUT2D eigenvalue weighted by Gasteiger charge is 2.36. The number of unbranched alkanes of at least 4 members (excludes halogenated alkanes) is 1. The molecule has 0 N–H and O–H groups in total. The fraction of sp³-hybridized carbons (Fsp3) is 0.381. The van der Waals surface area contributed by atoms with Gasteiger partial charge in [0.15, 0.2) is 9.84 Å². The first kappa shape index (κ1) is 20.7. The molecular formula is C21H24ClNO4S. The van der Waals surface area contributed by atoms with Crippen LogP contribution in [0.5, 0.6) is 5.75 Å². The van der Waals surface area contributed by atoms with E-state index in [1.807, 2.05) is 0 Å². The van der Waals surface area contributed by atoms with Crippen LogP contribution >= 0.6 is 11.6 Å². The fourth-order valence-electron chi connectivity index (χ4n) is 3.19. The summed E-state index contributed by atoms with van der Waals surface area (Å²) in [4.78, 5) is 14.6. The van der Waals surface area contributed by atoms with Crippen molar-refractivity contribution in [3.8, 4) is 5.75 Å². The molecule has 1 aliphatic rings. The highest BCUT2D eigenvalue weighted by Crippen LogP contribution is 2.26. The first-order valence-electron chi connectivity index (χ1n) is 9.43. The Bertz CT molecular complexity index is 910. The molecule has 2 aromatic rings. The monoisotopic (exact) mass is 421 g/mol. The lowest BCUT2D eigenvalue weighted by atomic mass is 10.2. The second-order valence-electron chi connectivity index (χ2n) is 6.89. The molecule has 7 heteroatoms. The predicted molar refractivity (Wildman–Crippen MR) is 110 cm³/mol. The normalized spacial score (nSPS) is 16.9. The van der Waals surface area contributed by atoms with Crippen LogP contribution in [0.25, 0.3) is 0 Å². The van der Waals surface area contributed by atoms with Gasteiger partial charge >= 0.3 is 0 Å². The molecule has 2 aromatic carbocycles. The summed E-state index contributed by atoms with van der Waals surface area (Å²) in [5.74, 6) is 0.573. The van der Waals surface area contributed by atoms with Crippen LogP contribution in [0, 0.1) is 0 Å². The van der Waals surface area contributed by atoms with Crippen molar-refractivity contribution in [2.24, 2.45) is 0 Å².